The minimum Gasteiger partial charge on any atom is -0.508 e. The zero-order valence-corrected chi connectivity index (χ0v) is 17.7. The van der Waals surface area contributed by atoms with E-state index in [4.69, 9.17) is 9.57 Å². The average Bonchev–Trinajstić information content (AvgIpc) is 3.27. The van der Waals surface area contributed by atoms with Crippen molar-refractivity contribution in [2.75, 3.05) is 7.11 Å². The number of aromatic nitrogens is 3. The van der Waals surface area contributed by atoms with Gasteiger partial charge in [0.2, 0.25) is 0 Å². The van der Waals surface area contributed by atoms with E-state index in [-0.39, 0.29) is 5.75 Å². The van der Waals surface area contributed by atoms with Crippen LogP contribution in [-0.4, -0.2) is 33.3 Å². The highest BCUT2D eigenvalue weighted by Crippen LogP contribution is 2.33. The van der Waals surface area contributed by atoms with Crippen molar-refractivity contribution in [3.05, 3.63) is 96.6 Å². The Morgan fingerprint density at radius 1 is 0.848 bits per heavy atom. The van der Waals surface area contributed by atoms with E-state index in [1.54, 1.807) is 43.5 Å². The first-order chi connectivity index (χ1) is 16.1. The maximum absolute atomic E-state index is 12.7. The monoisotopic (exact) mass is 437 g/mol. The lowest BCUT2D eigenvalue weighted by molar-refractivity contribution is 0.0408. The zero-order chi connectivity index (χ0) is 22.8. The third-order valence-corrected chi connectivity index (χ3v) is 5.32. The van der Waals surface area contributed by atoms with Crippen molar-refractivity contribution < 1.29 is 19.5 Å². The van der Waals surface area contributed by atoms with Gasteiger partial charge in [-0.15, -0.1) is 5.10 Å². The molecule has 0 saturated carbocycles. The van der Waals surface area contributed by atoms with Gasteiger partial charge in [0.1, 0.15) is 22.5 Å². The largest absolute Gasteiger partial charge is 0.508 e. The second kappa shape index (κ2) is 8.47. The molecule has 5 rings (SSSR count). The number of benzene rings is 4. The van der Waals surface area contributed by atoms with Crippen LogP contribution in [0.4, 0.5) is 0 Å². The summed E-state index contributed by atoms with van der Waals surface area (Å²) in [5, 5.41) is 17.3. The second-order valence-corrected chi connectivity index (χ2v) is 7.37. The van der Waals surface area contributed by atoms with E-state index in [2.05, 4.69) is 10.3 Å². The highest BCUT2D eigenvalue weighted by atomic mass is 16.7. The van der Waals surface area contributed by atoms with Gasteiger partial charge in [-0.1, -0.05) is 53.4 Å². The molecular weight excluding hydrogens is 418 g/mol. The summed E-state index contributed by atoms with van der Waals surface area (Å²) in [4.78, 5) is 19.2. The van der Waals surface area contributed by atoms with Crippen molar-refractivity contribution in [3.8, 4) is 33.8 Å². The van der Waals surface area contributed by atoms with Crippen molar-refractivity contribution in [2.45, 2.75) is 0 Å². The van der Waals surface area contributed by atoms with Gasteiger partial charge in [0.05, 0.1) is 12.7 Å². The molecule has 0 bridgehead atoms. The van der Waals surface area contributed by atoms with Crippen molar-refractivity contribution in [2.24, 2.45) is 0 Å². The highest BCUT2D eigenvalue weighted by molar-refractivity contribution is 5.92. The molecule has 0 aliphatic heterocycles. The summed E-state index contributed by atoms with van der Waals surface area (Å²) in [6.45, 7) is 0. The Labute approximate surface area is 189 Å². The van der Waals surface area contributed by atoms with Crippen molar-refractivity contribution in [1.29, 1.82) is 0 Å². The smallest absolute Gasteiger partial charge is 0.365 e. The minimum atomic E-state index is -0.571. The quantitative estimate of drug-likeness (QED) is 0.400. The maximum atomic E-state index is 12.7. The van der Waals surface area contributed by atoms with Gasteiger partial charge in [-0.3, -0.25) is 0 Å². The third kappa shape index (κ3) is 3.99. The molecule has 1 aromatic heterocycles. The molecular formula is C26H19N3O4. The number of hydrogen-bond acceptors (Lipinski definition) is 6. The van der Waals surface area contributed by atoms with Gasteiger partial charge in [-0.2, -0.15) is 0 Å². The van der Waals surface area contributed by atoms with Gasteiger partial charge in [0.15, 0.2) is 0 Å². The molecule has 0 fully saturated rings. The Bertz CT molecular complexity index is 1440. The summed E-state index contributed by atoms with van der Waals surface area (Å²) in [6.07, 6.45) is 0. The molecule has 33 heavy (non-hydrogen) atoms. The standard InChI is InChI=1S/C26H19N3O4/c1-32-25-16-20(26(31)33-29-24-5-3-2-4-23(24)27-28-29)12-15-22(25)19-8-6-17(7-9-19)18-10-13-21(30)14-11-18/h2-16,30H,1H3. The number of nitrogens with zero attached hydrogens (tertiary/aromatic N) is 3. The molecule has 0 aliphatic rings. The number of phenolic OH excluding ortho intramolecular Hbond substituents is 1. The highest BCUT2D eigenvalue weighted by Gasteiger charge is 2.16. The first-order valence-electron chi connectivity index (χ1n) is 10.2. The predicted octanol–water partition coefficient (Wildman–Crippen LogP) is 4.75. The second-order valence-electron chi connectivity index (χ2n) is 7.37. The van der Waals surface area contributed by atoms with Crippen LogP contribution in [0.3, 0.4) is 0 Å². The Morgan fingerprint density at radius 3 is 2.24 bits per heavy atom. The molecule has 7 nitrogen and oxygen atoms in total. The number of carbonyl (C=O) groups is 1. The van der Waals surface area contributed by atoms with Gasteiger partial charge in [-0.05, 0) is 64.4 Å². The van der Waals surface area contributed by atoms with Gasteiger partial charge >= 0.3 is 5.97 Å². The van der Waals surface area contributed by atoms with Gasteiger partial charge in [-0.25, -0.2) is 4.79 Å². The molecule has 0 unspecified atom stereocenters. The minimum absolute atomic E-state index is 0.232. The molecule has 0 atom stereocenters. The number of phenols is 1. The Morgan fingerprint density at radius 2 is 1.52 bits per heavy atom. The number of fused-ring (bicyclic) bond motifs is 1. The van der Waals surface area contributed by atoms with E-state index < -0.39 is 5.97 Å². The molecule has 0 amide bonds. The van der Waals surface area contributed by atoms with Crippen LogP contribution in [-0.2, 0) is 0 Å². The Balaban J connectivity index is 1.40. The van der Waals surface area contributed by atoms with Crippen LogP contribution in [0.5, 0.6) is 11.5 Å². The summed E-state index contributed by atoms with van der Waals surface area (Å²) in [7, 11) is 1.56. The van der Waals surface area contributed by atoms with Crippen LogP contribution in [0.15, 0.2) is 91.0 Å². The number of para-hydroxylation sites is 1. The van der Waals surface area contributed by atoms with Gasteiger partial charge < -0.3 is 14.7 Å². The van der Waals surface area contributed by atoms with Crippen LogP contribution in [0.2, 0.25) is 0 Å². The summed E-state index contributed by atoms with van der Waals surface area (Å²) in [5.74, 6) is 0.208. The lowest BCUT2D eigenvalue weighted by atomic mass is 9.99. The molecule has 4 aromatic carbocycles. The fourth-order valence-electron chi connectivity index (χ4n) is 3.60. The van der Waals surface area contributed by atoms with E-state index in [0.717, 1.165) is 27.1 Å². The van der Waals surface area contributed by atoms with Crippen LogP contribution in [0.1, 0.15) is 10.4 Å². The number of methoxy groups -OCH3 is 1. The predicted molar refractivity (Wildman–Crippen MR) is 124 cm³/mol. The number of rotatable bonds is 5. The zero-order valence-electron chi connectivity index (χ0n) is 17.7. The fraction of sp³-hybridized carbons (Fsp3) is 0.0385. The fourth-order valence-corrected chi connectivity index (χ4v) is 3.60. The average molecular weight is 437 g/mol. The first-order valence-corrected chi connectivity index (χ1v) is 10.2. The van der Waals surface area contributed by atoms with Gasteiger partial charge in [0.25, 0.3) is 0 Å². The summed E-state index contributed by atoms with van der Waals surface area (Å²) in [6, 6.07) is 27.4. The Hall–Kier alpha value is -4.65. The van der Waals surface area contributed by atoms with E-state index >= 15 is 0 Å². The summed E-state index contributed by atoms with van der Waals surface area (Å²) >= 11 is 0. The van der Waals surface area contributed by atoms with E-state index in [1.165, 1.54) is 0 Å². The molecule has 162 valence electrons. The van der Waals surface area contributed by atoms with E-state index in [0.29, 0.717) is 22.3 Å². The van der Waals surface area contributed by atoms with Crippen molar-refractivity contribution in [1.82, 2.24) is 15.2 Å². The lowest BCUT2D eigenvalue weighted by Crippen LogP contribution is -2.21. The Kier molecular flexibility index (Phi) is 5.20. The van der Waals surface area contributed by atoms with Gasteiger partial charge in [0, 0.05) is 5.56 Å². The molecule has 0 spiro atoms. The first kappa shape index (κ1) is 20.3. The van der Waals surface area contributed by atoms with Crippen LogP contribution >= 0.6 is 0 Å². The van der Waals surface area contributed by atoms with Crippen LogP contribution in [0, 0.1) is 0 Å². The number of hydrogen-bond donors (Lipinski definition) is 1. The van der Waals surface area contributed by atoms with Crippen molar-refractivity contribution >= 4 is 17.0 Å². The van der Waals surface area contributed by atoms with Crippen LogP contribution < -0.4 is 9.57 Å². The lowest BCUT2D eigenvalue weighted by Gasteiger charge is -2.11. The maximum Gasteiger partial charge on any atom is 0.365 e. The normalized spacial score (nSPS) is 10.8. The topological polar surface area (TPSA) is 86.5 Å². The summed E-state index contributed by atoms with van der Waals surface area (Å²) in [5.41, 5.74) is 5.38. The number of ether oxygens (including phenoxy) is 1. The third-order valence-electron chi connectivity index (χ3n) is 5.32. The number of carbonyl (C=O) groups excluding carboxylic acids is 1. The van der Waals surface area contributed by atoms with E-state index in [9.17, 15) is 9.90 Å². The molecule has 7 heteroatoms. The molecule has 0 radical (unpaired) electrons. The SMILES string of the molecule is COc1cc(C(=O)On2nnc3ccccc32)ccc1-c1ccc(-c2ccc(O)cc2)cc1. The molecule has 1 N–H and O–H groups in total. The van der Waals surface area contributed by atoms with Crippen LogP contribution in [0.25, 0.3) is 33.3 Å². The molecule has 0 saturated heterocycles. The molecule has 0 aliphatic carbocycles. The number of aromatic hydroxyl groups is 1. The molecule has 1 heterocycles. The van der Waals surface area contributed by atoms with Crippen molar-refractivity contribution in [3.63, 3.8) is 0 Å². The van der Waals surface area contributed by atoms with E-state index in [1.807, 2.05) is 54.6 Å². The molecule has 5 aromatic rings. The summed E-state index contributed by atoms with van der Waals surface area (Å²) < 4.78 is 5.55.